The minimum atomic E-state index is -5.08. The molecule has 32 heavy (non-hydrogen) atoms. The van der Waals surface area contributed by atoms with Crippen molar-refractivity contribution < 1.29 is 23.1 Å². The van der Waals surface area contributed by atoms with E-state index in [0.29, 0.717) is 6.04 Å². The Morgan fingerprint density at radius 1 is 1.19 bits per heavy atom. The third-order valence-electron chi connectivity index (χ3n) is 5.18. The van der Waals surface area contributed by atoms with E-state index in [0.717, 1.165) is 55.1 Å². The lowest BCUT2D eigenvalue weighted by Gasteiger charge is -2.31. The number of carboxylic acids is 1. The molecule has 1 fully saturated rings. The van der Waals surface area contributed by atoms with Gasteiger partial charge in [0.25, 0.3) is 0 Å². The van der Waals surface area contributed by atoms with Crippen LogP contribution in [0.3, 0.4) is 0 Å². The normalized spacial score (nSPS) is 15.3. The number of aromatic nitrogens is 5. The number of halogens is 3. The Bertz CT molecular complexity index is 1020. The van der Waals surface area contributed by atoms with E-state index in [2.05, 4.69) is 68.9 Å². The molecule has 0 saturated carbocycles. The zero-order valence-electron chi connectivity index (χ0n) is 17.8. The van der Waals surface area contributed by atoms with Crippen molar-refractivity contribution in [2.24, 2.45) is 0 Å². The smallest absolute Gasteiger partial charge is 0.475 e. The number of likely N-dealkylation sites (tertiary alicyclic amines) is 1. The quantitative estimate of drug-likeness (QED) is 0.628. The summed E-state index contributed by atoms with van der Waals surface area (Å²) in [6.07, 6.45) is -0.803. The standard InChI is InChI=1S/C19H24N6.C2HF3O2/c1-14-3-5-16(6-4-14)19-13-25(23-22-19)18-7-9-24(10-8-18)12-17-11-15(2)20-21-17;3-2(4,5)1(6)7/h3-6,11,13,18H,7-10,12H2,1-2H3,(H,20,21);(H,6,7). The Hall–Kier alpha value is -3.21. The second kappa shape index (κ2) is 9.94. The second-order valence-electron chi connectivity index (χ2n) is 7.80. The first-order valence-corrected chi connectivity index (χ1v) is 10.1. The molecular formula is C21H25F3N6O2. The van der Waals surface area contributed by atoms with E-state index >= 15 is 0 Å². The van der Waals surface area contributed by atoms with Gasteiger partial charge in [-0.15, -0.1) is 5.10 Å². The summed E-state index contributed by atoms with van der Waals surface area (Å²) >= 11 is 0. The van der Waals surface area contributed by atoms with Crippen LogP contribution in [-0.4, -0.2) is 60.4 Å². The molecule has 1 aromatic carbocycles. The van der Waals surface area contributed by atoms with Crippen molar-refractivity contribution in [3.05, 3.63) is 53.5 Å². The lowest BCUT2D eigenvalue weighted by Crippen LogP contribution is -2.34. The molecule has 11 heteroatoms. The first-order chi connectivity index (χ1) is 15.1. The van der Waals surface area contributed by atoms with Crippen molar-refractivity contribution in [1.82, 2.24) is 30.1 Å². The minimum absolute atomic E-state index is 0.434. The van der Waals surface area contributed by atoms with Crippen molar-refractivity contribution in [3.8, 4) is 11.3 Å². The monoisotopic (exact) mass is 450 g/mol. The second-order valence-corrected chi connectivity index (χ2v) is 7.80. The molecule has 0 amide bonds. The number of aliphatic carboxylic acids is 1. The van der Waals surface area contributed by atoms with E-state index in [-0.39, 0.29) is 0 Å². The minimum Gasteiger partial charge on any atom is -0.475 e. The predicted octanol–water partition coefficient (Wildman–Crippen LogP) is 3.76. The summed E-state index contributed by atoms with van der Waals surface area (Å²) in [6.45, 7) is 7.19. The van der Waals surface area contributed by atoms with Crippen LogP contribution in [0.25, 0.3) is 11.3 Å². The van der Waals surface area contributed by atoms with Crippen LogP contribution in [0.4, 0.5) is 13.2 Å². The molecule has 1 aliphatic heterocycles. The number of piperidine rings is 1. The van der Waals surface area contributed by atoms with Gasteiger partial charge in [-0.2, -0.15) is 18.3 Å². The molecule has 0 atom stereocenters. The van der Waals surface area contributed by atoms with Gasteiger partial charge in [0.05, 0.1) is 17.9 Å². The van der Waals surface area contributed by atoms with Crippen LogP contribution in [0.2, 0.25) is 0 Å². The summed E-state index contributed by atoms with van der Waals surface area (Å²) in [7, 11) is 0. The SMILES string of the molecule is Cc1ccc(-c2cn(C3CCN(Cc4cc(C)[nH]n4)CC3)nn2)cc1.O=C(O)C(F)(F)F. The molecule has 1 aliphatic rings. The number of carboxylic acid groups (broad SMARTS) is 1. The van der Waals surface area contributed by atoms with Gasteiger partial charge in [-0.05, 0) is 32.8 Å². The van der Waals surface area contributed by atoms with E-state index in [1.807, 2.05) is 11.6 Å². The summed E-state index contributed by atoms with van der Waals surface area (Å²) in [5, 5.41) is 23.2. The Kier molecular flexibility index (Phi) is 7.29. The van der Waals surface area contributed by atoms with Crippen molar-refractivity contribution in [2.45, 2.75) is 45.5 Å². The first-order valence-electron chi connectivity index (χ1n) is 10.1. The highest BCUT2D eigenvalue weighted by atomic mass is 19.4. The van der Waals surface area contributed by atoms with Gasteiger partial charge in [0, 0.05) is 30.9 Å². The number of carbonyl (C=O) groups is 1. The summed E-state index contributed by atoms with van der Waals surface area (Å²) in [5.74, 6) is -2.76. The molecule has 172 valence electrons. The highest BCUT2D eigenvalue weighted by molar-refractivity contribution is 5.73. The van der Waals surface area contributed by atoms with Gasteiger partial charge in [0.15, 0.2) is 0 Å². The Labute approximate surface area is 183 Å². The summed E-state index contributed by atoms with van der Waals surface area (Å²) in [5.41, 5.74) is 5.59. The maximum atomic E-state index is 10.6. The van der Waals surface area contributed by atoms with Gasteiger partial charge in [0.2, 0.25) is 0 Å². The van der Waals surface area contributed by atoms with E-state index < -0.39 is 12.1 Å². The lowest BCUT2D eigenvalue weighted by atomic mass is 10.0. The highest BCUT2D eigenvalue weighted by Gasteiger charge is 2.38. The molecule has 3 aromatic rings. The van der Waals surface area contributed by atoms with Crippen LogP contribution in [0, 0.1) is 13.8 Å². The van der Waals surface area contributed by atoms with Gasteiger partial charge in [-0.1, -0.05) is 35.0 Å². The van der Waals surface area contributed by atoms with Crippen molar-refractivity contribution in [3.63, 3.8) is 0 Å². The number of hydrogen-bond acceptors (Lipinski definition) is 5. The van der Waals surface area contributed by atoms with E-state index in [4.69, 9.17) is 9.90 Å². The van der Waals surface area contributed by atoms with Gasteiger partial charge in [-0.3, -0.25) is 10.00 Å². The molecule has 8 nitrogen and oxygen atoms in total. The van der Waals surface area contributed by atoms with Crippen LogP contribution >= 0.6 is 0 Å². The predicted molar refractivity (Wildman–Crippen MR) is 111 cm³/mol. The lowest BCUT2D eigenvalue weighted by molar-refractivity contribution is -0.192. The Balaban J connectivity index is 0.000000360. The number of aryl methyl sites for hydroxylation is 2. The van der Waals surface area contributed by atoms with Gasteiger partial charge in [0.1, 0.15) is 5.69 Å². The van der Waals surface area contributed by atoms with Crippen LogP contribution in [0.1, 0.15) is 35.8 Å². The van der Waals surface area contributed by atoms with Crippen LogP contribution in [0.5, 0.6) is 0 Å². The number of rotatable bonds is 4. The molecule has 1 saturated heterocycles. The molecule has 0 bridgehead atoms. The van der Waals surface area contributed by atoms with Crippen molar-refractivity contribution in [1.29, 1.82) is 0 Å². The van der Waals surface area contributed by atoms with E-state index in [9.17, 15) is 13.2 Å². The number of hydrogen-bond donors (Lipinski definition) is 2. The Morgan fingerprint density at radius 2 is 1.81 bits per heavy atom. The fourth-order valence-electron chi connectivity index (χ4n) is 3.44. The van der Waals surface area contributed by atoms with Crippen LogP contribution in [-0.2, 0) is 11.3 Å². The largest absolute Gasteiger partial charge is 0.490 e. The fourth-order valence-corrected chi connectivity index (χ4v) is 3.44. The number of nitrogens with zero attached hydrogens (tertiary/aromatic N) is 5. The Morgan fingerprint density at radius 3 is 2.34 bits per heavy atom. The third-order valence-corrected chi connectivity index (χ3v) is 5.18. The van der Waals surface area contributed by atoms with E-state index in [1.54, 1.807) is 0 Å². The average Bonchev–Trinajstić information content (AvgIpc) is 3.38. The van der Waals surface area contributed by atoms with E-state index in [1.165, 1.54) is 5.56 Å². The molecule has 0 aliphatic carbocycles. The highest BCUT2D eigenvalue weighted by Crippen LogP contribution is 2.25. The van der Waals surface area contributed by atoms with Gasteiger partial charge < -0.3 is 5.11 Å². The molecule has 0 spiro atoms. The molecule has 4 rings (SSSR count). The molecular weight excluding hydrogens is 425 g/mol. The zero-order chi connectivity index (χ0) is 23.3. The number of H-pyrrole nitrogens is 1. The van der Waals surface area contributed by atoms with Gasteiger partial charge >= 0.3 is 12.1 Å². The number of aromatic amines is 1. The number of alkyl halides is 3. The fraction of sp³-hybridized carbons (Fsp3) is 0.429. The average molecular weight is 450 g/mol. The van der Waals surface area contributed by atoms with Crippen molar-refractivity contribution >= 4 is 5.97 Å². The molecule has 0 radical (unpaired) electrons. The zero-order valence-corrected chi connectivity index (χ0v) is 17.8. The molecule has 0 unspecified atom stereocenters. The topological polar surface area (TPSA) is 99.9 Å². The number of benzene rings is 1. The molecule has 2 N–H and O–H groups in total. The summed E-state index contributed by atoms with van der Waals surface area (Å²) in [4.78, 5) is 11.4. The summed E-state index contributed by atoms with van der Waals surface area (Å²) in [6, 6.07) is 11.0. The van der Waals surface area contributed by atoms with Crippen LogP contribution in [0.15, 0.2) is 36.5 Å². The number of nitrogens with one attached hydrogen (secondary N) is 1. The first kappa shape index (κ1) is 23.5. The van der Waals surface area contributed by atoms with Gasteiger partial charge in [-0.25, -0.2) is 9.48 Å². The third kappa shape index (κ3) is 6.39. The maximum absolute atomic E-state index is 10.6. The maximum Gasteiger partial charge on any atom is 0.490 e. The molecule has 3 heterocycles. The summed E-state index contributed by atoms with van der Waals surface area (Å²) < 4.78 is 33.8. The van der Waals surface area contributed by atoms with Crippen molar-refractivity contribution in [2.75, 3.05) is 13.1 Å². The molecule has 2 aromatic heterocycles. The van der Waals surface area contributed by atoms with Crippen LogP contribution < -0.4 is 0 Å².